The molecule has 1 rings (SSSR count). The van der Waals surface area contributed by atoms with Crippen LogP contribution in [0.4, 0.5) is 0 Å². The fourth-order valence-electron chi connectivity index (χ4n) is 1.24. The average molecular weight is 305 g/mol. The predicted molar refractivity (Wildman–Crippen MR) is 73.1 cm³/mol. The fourth-order valence-corrected chi connectivity index (χ4v) is 1.36. The van der Waals surface area contributed by atoms with E-state index in [9.17, 15) is 9.59 Å². The number of unbranched alkanes of at least 4 members (excludes halogenated alkanes) is 2. The molecule has 1 aromatic carbocycles. The molecule has 0 unspecified atom stereocenters. The summed E-state index contributed by atoms with van der Waals surface area (Å²) in [6, 6.07) is 4.32. The quantitative estimate of drug-likeness (QED) is 0.601. The van der Waals surface area contributed by atoms with E-state index < -0.39 is 11.9 Å². The summed E-state index contributed by atoms with van der Waals surface area (Å²) in [4.78, 5) is 20.0. The molecule has 0 spiro atoms. The summed E-state index contributed by atoms with van der Waals surface area (Å²) in [6.07, 6.45) is 2.10. The van der Waals surface area contributed by atoms with Crippen molar-refractivity contribution in [2.45, 2.75) is 32.1 Å². The number of carbonyl (C=O) groups is 2. The topological polar surface area (TPSA) is 115 Å². The molecule has 0 fully saturated rings. The molecule has 0 heterocycles. The SMILES string of the molecule is O=C(O)CCCCCC(=O)O.Oc1cccc(O)c1Cl. The van der Waals surface area contributed by atoms with Crippen LogP contribution in [0.25, 0.3) is 0 Å². The second kappa shape index (κ2) is 9.91. The molecule has 20 heavy (non-hydrogen) atoms. The molecule has 0 radical (unpaired) electrons. The first-order chi connectivity index (χ1) is 9.34. The van der Waals surface area contributed by atoms with Crippen LogP contribution in [0.3, 0.4) is 0 Å². The summed E-state index contributed by atoms with van der Waals surface area (Å²) in [7, 11) is 0. The van der Waals surface area contributed by atoms with Crippen LogP contribution in [-0.4, -0.2) is 32.4 Å². The summed E-state index contributed by atoms with van der Waals surface area (Å²) >= 11 is 5.38. The van der Waals surface area contributed by atoms with Crippen molar-refractivity contribution in [1.82, 2.24) is 0 Å². The van der Waals surface area contributed by atoms with E-state index in [2.05, 4.69) is 0 Å². The Morgan fingerprint density at radius 1 is 0.900 bits per heavy atom. The zero-order valence-corrected chi connectivity index (χ0v) is 11.5. The van der Waals surface area contributed by atoms with E-state index in [1.54, 1.807) is 0 Å². The summed E-state index contributed by atoms with van der Waals surface area (Å²) < 4.78 is 0. The van der Waals surface area contributed by atoms with Crippen molar-refractivity contribution in [1.29, 1.82) is 0 Å². The molecule has 1 aromatic rings. The van der Waals surface area contributed by atoms with Gasteiger partial charge in [0.05, 0.1) is 0 Å². The van der Waals surface area contributed by atoms with Gasteiger partial charge in [0.15, 0.2) is 0 Å². The van der Waals surface area contributed by atoms with Crippen molar-refractivity contribution in [2.24, 2.45) is 0 Å². The van der Waals surface area contributed by atoms with E-state index in [0.717, 1.165) is 0 Å². The molecule has 112 valence electrons. The van der Waals surface area contributed by atoms with Gasteiger partial charge in [-0.3, -0.25) is 9.59 Å². The summed E-state index contributed by atoms with van der Waals surface area (Å²) in [5.74, 6) is -1.84. The molecule has 0 atom stereocenters. The summed E-state index contributed by atoms with van der Waals surface area (Å²) in [5.41, 5.74) is 0. The number of carboxylic acids is 2. The smallest absolute Gasteiger partial charge is 0.303 e. The van der Waals surface area contributed by atoms with Crippen molar-refractivity contribution >= 4 is 23.5 Å². The molecular formula is C13H17ClO6. The van der Waals surface area contributed by atoms with E-state index in [4.69, 9.17) is 32.0 Å². The van der Waals surface area contributed by atoms with E-state index in [0.29, 0.717) is 19.3 Å². The predicted octanol–water partition coefficient (Wildman–Crippen LogP) is 2.86. The van der Waals surface area contributed by atoms with Crippen LogP contribution in [-0.2, 0) is 9.59 Å². The van der Waals surface area contributed by atoms with Gasteiger partial charge in [-0.1, -0.05) is 24.1 Å². The van der Waals surface area contributed by atoms with Gasteiger partial charge in [-0.15, -0.1) is 0 Å². The number of phenolic OH excluding ortho intramolecular Hbond substituents is 2. The molecule has 4 N–H and O–H groups in total. The zero-order chi connectivity index (χ0) is 15.5. The minimum Gasteiger partial charge on any atom is -0.506 e. The Morgan fingerprint density at radius 3 is 1.60 bits per heavy atom. The number of hydrogen-bond acceptors (Lipinski definition) is 4. The maximum atomic E-state index is 9.98. The highest BCUT2D eigenvalue weighted by Crippen LogP contribution is 2.30. The molecule has 0 saturated carbocycles. The number of aromatic hydroxyl groups is 2. The van der Waals surface area contributed by atoms with Crippen molar-refractivity contribution in [3.05, 3.63) is 23.2 Å². The number of carboxylic acid groups (broad SMARTS) is 2. The average Bonchev–Trinajstić information content (AvgIpc) is 2.35. The number of benzene rings is 1. The van der Waals surface area contributed by atoms with E-state index in [1.807, 2.05) is 0 Å². The Bertz CT molecular complexity index is 410. The lowest BCUT2D eigenvalue weighted by molar-refractivity contribution is -0.137. The minimum absolute atomic E-state index is 0.00231. The third-order valence-electron chi connectivity index (χ3n) is 2.24. The highest BCUT2D eigenvalue weighted by atomic mass is 35.5. The maximum Gasteiger partial charge on any atom is 0.303 e. The summed E-state index contributed by atoms with van der Waals surface area (Å²) in [5, 5.41) is 34.0. The monoisotopic (exact) mass is 304 g/mol. The van der Waals surface area contributed by atoms with Crippen LogP contribution in [0.1, 0.15) is 32.1 Å². The van der Waals surface area contributed by atoms with E-state index in [1.165, 1.54) is 18.2 Å². The molecule has 6 nitrogen and oxygen atoms in total. The zero-order valence-electron chi connectivity index (χ0n) is 10.8. The highest BCUT2D eigenvalue weighted by Gasteiger charge is 2.00. The van der Waals surface area contributed by atoms with E-state index >= 15 is 0 Å². The molecule has 0 aliphatic rings. The van der Waals surface area contributed by atoms with Gasteiger partial charge in [-0.05, 0) is 25.0 Å². The van der Waals surface area contributed by atoms with Crippen molar-refractivity contribution in [3.63, 3.8) is 0 Å². The maximum absolute atomic E-state index is 9.98. The molecule has 0 aliphatic carbocycles. The first-order valence-corrected chi connectivity index (χ1v) is 6.32. The Hall–Kier alpha value is -1.95. The van der Waals surface area contributed by atoms with Gasteiger partial charge in [0.25, 0.3) is 0 Å². The Labute approximate surface area is 121 Å². The normalized spacial score (nSPS) is 9.45. The largest absolute Gasteiger partial charge is 0.506 e. The molecule has 0 aliphatic heterocycles. The Balaban J connectivity index is 0.000000367. The highest BCUT2D eigenvalue weighted by molar-refractivity contribution is 6.33. The van der Waals surface area contributed by atoms with Crippen LogP contribution in [0.15, 0.2) is 18.2 Å². The van der Waals surface area contributed by atoms with Gasteiger partial charge < -0.3 is 20.4 Å². The molecule has 7 heteroatoms. The van der Waals surface area contributed by atoms with Crippen LogP contribution < -0.4 is 0 Å². The van der Waals surface area contributed by atoms with E-state index in [-0.39, 0.29) is 29.4 Å². The van der Waals surface area contributed by atoms with Crippen LogP contribution >= 0.6 is 11.6 Å². The van der Waals surface area contributed by atoms with Crippen LogP contribution in [0, 0.1) is 0 Å². The van der Waals surface area contributed by atoms with Crippen LogP contribution in [0.5, 0.6) is 11.5 Å². The first kappa shape index (κ1) is 18.0. The van der Waals surface area contributed by atoms with Gasteiger partial charge in [0, 0.05) is 12.8 Å². The number of hydrogen-bond donors (Lipinski definition) is 4. The second-order valence-corrected chi connectivity index (χ2v) is 4.34. The third kappa shape index (κ3) is 9.04. The van der Waals surface area contributed by atoms with Crippen molar-refractivity contribution in [2.75, 3.05) is 0 Å². The minimum atomic E-state index is -0.819. The van der Waals surface area contributed by atoms with Crippen molar-refractivity contribution < 1.29 is 30.0 Å². The second-order valence-electron chi connectivity index (χ2n) is 3.96. The molecule has 0 aromatic heterocycles. The Morgan fingerprint density at radius 2 is 1.30 bits per heavy atom. The third-order valence-corrected chi connectivity index (χ3v) is 2.63. The lowest BCUT2D eigenvalue weighted by Crippen LogP contribution is -1.96. The number of rotatable bonds is 6. The molecule has 0 amide bonds. The van der Waals surface area contributed by atoms with Crippen LogP contribution in [0.2, 0.25) is 5.02 Å². The van der Waals surface area contributed by atoms with Crippen molar-refractivity contribution in [3.8, 4) is 11.5 Å². The number of aliphatic carboxylic acids is 2. The first-order valence-electron chi connectivity index (χ1n) is 5.94. The lowest BCUT2D eigenvalue weighted by Gasteiger charge is -1.95. The van der Waals surface area contributed by atoms with Gasteiger partial charge in [0.2, 0.25) is 0 Å². The van der Waals surface area contributed by atoms with Gasteiger partial charge >= 0.3 is 11.9 Å². The summed E-state index contributed by atoms with van der Waals surface area (Å²) in [6.45, 7) is 0. The number of phenols is 2. The molecule has 0 saturated heterocycles. The molecule has 0 bridgehead atoms. The lowest BCUT2D eigenvalue weighted by atomic mass is 10.1. The van der Waals surface area contributed by atoms with Gasteiger partial charge in [0.1, 0.15) is 16.5 Å². The Kier molecular flexibility index (Phi) is 8.95. The molecular weight excluding hydrogens is 288 g/mol. The van der Waals surface area contributed by atoms with Gasteiger partial charge in [-0.25, -0.2) is 0 Å². The van der Waals surface area contributed by atoms with Gasteiger partial charge in [-0.2, -0.15) is 0 Å². The fraction of sp³-hybridized carbons (Fsp3) is 0.385. The number of halogens is 1. The standard InChI is InChI=1S/C7H12O4.C6H5ClO2/c8-6(9)4-2-1-3-5-7(10)11;7-6-4(8)2-1-3-5(6)9/h1-5H2,(H,8,9)(H,10,11);1-3,8-9H.